The van der Waals surface area contributed by atoms with Gasteiger partial charge in [0.1, 0.15) is 6.04 Å². The van der Waals surface area contributed by atoms with E-state index >= 15 is 0 Å². The molecule has 5 nitrogen and oxygen atoms in total. The summed E-state index contributed by atoms with van der Waals surface area (Å²) in [6, 6.07) is 3.22. The quantitative estimate of drug-likeness (QED) is 0.726. The van der Waals surface area contributed by atoms with Crippen LogP contribution in [0.3, 0.4) is 0 Å². The molecular weight excluding hydrogens is 248 g/mol. The Balaban J connectivity index is 2.87. The Morgan fingerprint density at radius 1 is 1.22 bits per heavy atom. The summed E-state index contributed by atoms with van der Waals surface area (Å²) in [5, 5.41) is 16.9. The van der Waals surface area contributed by atoms with E-state index in [4.69, 9.17) is 15.9 Å². The first-order valence-electron chi connectivity index (χ1n) is 4.94. The van der Waals surface area contributed by atoms with Crippen molar-refractivity contribution in [2.45, 2.75) is 18.4 Å². The summed E-state index contributed by atoms with van der Waals surface area (Å²) in [6.45, 7) is 0. The Kier molecular flexibility index (Phi) is 3.97. The molecule has 4 N–H and O–H groups in total. The summed E-state index contributed by atoms with van der Waals surface area (Å²) in [5.41, 5.74) is 5.05. The topological polar surface area (TPSA) is 101 Å². The fourth-order valence-corrected chi connectivity index (χ4v) is 1.31. The lowest BCUT2D eigenvalue weighted by molar-refractivity contribution is -0.166. The first kappa shape index (κ1) is 14.0. The second kappa shape index (κ2) is 5.09. The average Bonchev–Trinajstić information content (AvgIpc) is 2.29. The highest BCUT2D eigenvalue weighted by atomic mass is 19.3. The van der Waals surface area contributed by atoms with Crippen LogP contribution in [0.5, 0.6) is 0 Å². The molecule has 0 spiro atoms. The molecule has 0 saturated carbocycles. The third-order valence-electron chi connectivity index (χ3n) is 2.36. The van der Waals surface area contributed by atoms with Crippen LogP contribution in [0.4, 0.5) is 8.78 Å². The molecule has 1 atom stereocenters. The van der Waals surface area contributed by atoms with E-state index in [1.807, 2.05) is 0 Å². The molecule has 0 aromatic heterocycles. The molecule has 0 heterocycles. The summed E-state index contributed by atoms with van der Waals surface area (Å²) in [5.74, 6) is -7.40. The maximum Gasteiger partial charge on any atom is 0.379 e. The van der Waals surface area contributed by atoms with Crippen molar-refractivity contribution >= 4 is 11.9 Å². The van der Waals surface area contributed by atoms with E-state index in [0.29, 0.717) is 5.56 Å². The molecule has 7 heteroatoms. The first-order chi connectivity index (χ1) is 8.25. The molecule has 1 aromatic rings. The number of benzene rings is 1. The molecule has 0 bridgehead atoms. The number of alkyl halides is 2. The first-order valence-corrected chi connectivity index (χ1v) is 4.94. The van der Waals surface area contributed by atoms with Gasteiger partial charge in [0, 0.05) is 5.56 Å². The molecule has 0 unspecified atom stereocenters. The number of carbonyl (C=O) groups is 2. The van der Waals surface area contributed by atoms with Gasteiger partial charge >= 0.3 is 17.9 Å². The van der Waals surface area contributed by atoms with E-state index in [2.05, 4.69) is 0 Å². The second-order valence-corrected chi connectivity index (χ2v) is 3.73. The number of carboxylic acids is 2. The van der Waals surface area contributed by atoms with E-state index in [-0.39, 0.29) is 6.42 Å². The molecule has 0 aliphatic carbocycles. The maximum absolute atomic E-state index is 13.1. The van der Waals surface area contributed by atoms with Crippen molar-refractivity contribution in [1.82, 2.24) is 0 Å². The molecular formula is C11H11F2NO4. The van der Waals surface area contributed by atoms with Crippen LogP contribution in [-0.4, -0.2) is 28.2 Å². The third kappa shape index (κ3) is 3.01. The van der Waals surface area contributed by atoms with Crippen LogP contribution in [0.1, 0.15) is 11.1 Å². The Morgan fingerprint density at radius 2 is 1.72 bits per heavy atom. The van der Waals surface area contributed by atoms with Crippen molar-refractivity contribution < 1.29 is 28.6 Å². The molecule has 0 amide bonds. The van der Waals surface area contributed by atoms with Crippen LogP contribution >= 0.6 is 0 Å². The molecule has 0 aliphatic rings. The summed E-state index contributed by atoms with van der Waals surface area (Å²) < 4.78 is 26.2. The van der Waals surface area contributed by atoms with Crippen molar-refractivity contribution in [1.29, 1.82) is 0 Å². The predicted octanol–water partition coefficient (Wildman–Crippen LogP) is 0.817. The van der Waals surface area contributed by atoms with E-state index in [9.17, 15) is 18.4 Å². The van der Waals surface area contributed by atoms with Crippen molar-refractivity contribution in [3.8, 4) is 0 Å². The van der Waals surface area contributed by atoms with Crippen LogP contribution in [0, 0.1) is 0 Å². The van der Waals surface area contributed by atoms with Gasteiger partial charge in [0.15, 0.2) is 0 Å². The standard InChI is InChI=1S/C11H11F2NO4/c12-11(13,10(17)18)7-3-1-6(2-4-7)5-8(14)9(15)16/h1-4,8H,5,14H2,(H,15,16)(H,17,18)/t8-/m0/s1. The third-order valence-corrected chi connectivity index (χ3v) is 2.36. The van der Waals surface area contributed by atoms with Gasteiger partial charge in [-0.2, -0.15) is 8.78 Å². The summed E-state index contributed by atoms with van der Waals surface area (Å²) in [7, 11) is 0. The van der Waals surface area contributed by atoms with Gasteiger partial charge in [-0.15, -0.1) is 0 Å². The minimum atomic E-state index is -3.96. The van der Waals surface area contributed by atoms with Crippen LogP contribution < -0.4 is 5.73 Å². The van der Waals surface area contributed by atoms with Crippen LogP contribution in [0.25, 0.3) is 0 Å². The van der Waals surface area contributed by atoms with Crippen LogP contribution in [0.2, 0.25) is 0 Å². The lowest BCUT2D eigenvalue weighted by atomic mass is 10.0. The van der Waals surface area contributed by atoms with Crippen molar-refractivity contribution in [3.05, 3.63) is 35.4 Å². The van der Waals surface area contributed by atoms with Gasteiger partial charge in [0.25, 0.3) is 0 Å². The monoisotopic (exact) mass is 259 g/mol. The molecule has 0 aliphatic heterocycles. The number of nitrogens with two attached hydrogens (primary N) is 1. The zero-order chi connectivity index (χ0) is 13.9. The molecule has 0 fully saturated rings. The number of halogens is 2. The van der Waals surface area contributed by atoms with Crippen molar-refractivity contribution in [2.24, 2.45) is 5.73 Å². The lowest BCUT2D eigenvalue weighted by Gasteiger charge is -2.12. The normalized spacial score (nSPS) is 13.1. The van der Waals surface area contributed by atoms with Gasteiger partial charge < -0.3 is 15.9 Å². The summed E-state index contributed by atoms with van der Waals surface area (Å²) >= 11 is 0. The van der Waals surface area contributed by atoms with E-state index in [1.165, 1.54) is 12.1 Å². The zero-order valence-corrected chi connectivity index (χ0v) is 9.14. The van der Waals surface area contributed by atoms with Gasteiger partial charge in [-0.3, -0.25) is 4.79 Å². The highest BCUT2D eigenvalue weighted by molar-refractivity contribution is 5.77. The number of hydrogen-bond acceptors (Lipinski definition) is 3. The van der Waals surface area contributed by atoms with Crippen LogP contribution in [-0.2, 0) is 21.9 Å². The molecule has 98 valence electrons. The zero-order valence-electron chi connectivity index (χ0n) is 9.14. The van der Waals surface area contributed by atoms with Gasteiger partial charge in [-0.1, -0.05) is 24.3 Å². The molecule has 1 rings (SSSR count). The Hall–Kier alpha value is -2.02. The largest absolute Gasteiger partial charge is 0.480 e. The smallest absolute Gasteiger partial charge is 0.379 e. The van der Waals surface area contributed by atoms with Gasteiger partial charge in [0.05, 0.1) is 0 Å². The minimum absolute atomic E-state index is 0.0196. The van der Waals surface area contributed by atoms with Gasteiger partial charge in [0.2, 0.25) is 0 Å². The Bertz CT molecular complexity index is 459. The molecule has 1 aromatic carbocycles. The molecule has 18 heavy (non-hydrogen) atoms. The number of hydrogen-bond donors (Lipinski definition) is 3. The van der Waals surface area contributed by atoms with E-state index < -0.39 is 29.5 Å². The van der Waals surface area contributed by atoms with Crippen molar-refractivity contribution in [3.63, 3.8) is 0 Å². The number of aliphatic carboxylic acids is 2. The SMILES string of the molecule is N[C@@H](Cc1ccc(C(F)(F)C(=O)O)cc1)C(=O)O. The van der Waals surface area contributed by atoms with Gasteiger partial charge in [-0.05, 0) is 12.0 Å². The Labute approximate surface area is 101 Å². The van der Waals surface area contributed by atoms with Gasteiger partial charge in [-0.25, -0.2) is 4.79 Å². The average molecular weight is 259 g/mol. The Morgan fingerprint density at radius 3 is 2.11 bits per heavy atom. The minimum Gasteiger partial charge on any atom is -0.480 e. The summed E-state index contributed by atoms with van der Waals surface area (Å²) in [6.07, 6.45) is -0.0196. The highest BCUT2D eigenvalue weighted by Gasteiger charge is 2.40. The van der Waals surface area contributed by atoms with Crippen molar-refractivity contribution in [2.75, 3.05) is 0 Å². The fraction of sp³-hybridized carbons (Fsp3) is 0.273. The summed E-state index contributed by atoms with van der Waals surface area (Å²) in [4.78, 5) is 20.8. The second-order valence-electron chi connectivity index (χ2n) is 3.73. The number of carboxylic acid groups (broad SMARTS) is 2. The maximum atomic E-state index is 13.1. The van der Waals surface area contributed by atoms with E-state index in [0.717, 1.165) is 12.1 Å². The lowest BCUT2D eigenvalue weighted by Crippen LogP contribution is -2.32. The van der Waals surface area contributed by atoms with E-state index in [1.54, 1.807) is 0 Å². The molecule has 0 saturated heterocycles. The van der Waals surface area contributed by atoms with Crippen LogP contribution in [0.15, 0.2) is 24.3 Å². The fourth-order valence-electron chi connectivity index (χ4n) is 1.31. The number of rotatable bonds is 5. The highest BCUT2D eigenvalue weighted by Crippen LogP contribution is 2.28. The predicted molar refractivity (Wildman–Crippen MR) is 57.3 cm³/mol. The molecule has 0 radical (unpaired) electrons.